The lowest BCUT2D eigenvalue weighted by molar-refractivity contribution is -0.115. The summed E-state index contributed by atoms with van der Waals surface area (Å²) in [6.45, 7) is 0. The maximum atomic E-state index is 11.3. The van der Waals surface area contributed by atoms with Gasteiger partial charge in [0.25, 0.3) is 0 Å². The fraction of sp³-hybridized carbons (Fsp3) is 0.263. The van der Waals surface area contributed by atoms with Crippen molar-refractivity contribution in [2.75, 3.05) is 5.75 Å². The molecule has 4 aromatic rings. The van der Waals surface area contributed by atoms with Crippen LogP contribution in [0, 0.1) is 0 Å². The normalized spacial score (nSPS) is 13.4. The van der Waals surface area contributed by atoms with Crippen molar-refractivity contribution in [2.24, 2.45) is 5.73 Å². The summed E-state index contributed by atoms with van der Waals surface area (Å²) in [5, 5.41) is 11.5. The van der Waals surface area contributed by atoms with Gasteiger partial charge in [-0.05, 0) is 30.4 Å². The zero-order valence-electron chi connectivity index (χ0n) is 14.9. The Labute approximate surface area is 173 Å². The Hall–Kier alpha value is -2.10. The molecule has 3 aromatic heterocycles. The first kappa shape index (κ1) is 18.0. The van der Waals surface area contributed by atoms with Crippen LogP contribution in [0.25, 0.3) is 15.9 Å². The van der Waals surface area contributed by atoms with Crippen LogP contribution in [0.1, 0.15) is 22.4 Å². The molecule has 5 rings (SSSR count). The molecule has 0 spiro atoms. The second-order valence-corrected chi connectivity index (χ2v) is 9.57. The minimum absolute atomic E-state index is 0.170. The highest BCUT2D eigenvalue weighted by Gasteiger charge is 2.24. The minimum atomic E-state index is -0.370. The Kier molecular flexibility index (Phi) is 4.73. The molecule has 0 saturated heterocycles. The van der Waals surface area contributed by atoms with Gasteiger partial charge in [0, 0.05) is 10.6 Å². The fourth-order valence-corrected chi connectivity index (χ4v) is 6.48. The summed E-state index contributed by atoms with van der Waals surface area (Å²) in [5.41, 5.74) is 8.78. The summed E-state index contributed by atoms with van der Waals surface area (Å²) < 4.78 is 1.99. The number of rotatable bonds is 6. The largest absolute Gasteiger partial charge is 0.369 e. The van der Waals surface area contributed by atoms with E-state index < -0.39 is 0 Å². The third-order valence-electron chi connectivity index (χ3n) is 4.70. The van der Waals surface area contributed by atoms with Gasteiger partial charge in [-0.25, -0.2) is 9.38 Å². The Balaban J connectivity index is 1.63. The number of aromatic nitrogens is 4. The van der Waals surface area contributed by atoms with Crippen molar-refractivity contribution < 1.29 is 4.79 Å². The van der Waals surface area contributed by atoms with Crippen LogP contribution in [-0.2, 0) is 23.4 Å². The minimum Gasteiger partial charge on any atom is -0.369 e. The molecule has 0 unspecified atom stereocenters. The number of nitrogens with zero attached hydrogens (tertiary/aromatic N) is 4. The Bertz CT molecular complexity index is 1180. The van der Waals surface area contributed by atoms with Crippen LogP contribution in [0.15, 0.2) is 40.6 Å². The van der Waals surface area contributed by atoms with Gasteiger partial charge < -0.3 is 5.73 Å². The number of nitrogens with two attached hydrogens (primary N) is 1. The molecule has 3 heterocycles. The van der Waals surface area contributed by atoms with Gasteiger partial charge in [0.05, 0.1) is 11.1 Å². The fourth-order valence-electron chi connectivity index (χ4n) is 3.49. The molecule has 0 radical (unpaired) electrons. The van der Waals surface area contributed by atoms with Crippen molar-refractivity contribution in [1.82, 2.24) is 19.6 Å². The molecule has 0 bridgehead atoms. The molecule has 6 nitrogen and oxygen atoms in total. The van der Waals surface area contributed by atoms with E-state index >= 15 is 0 Å². The van der Waals surface area contributed by atoms with E-state index in [2.05, 4.69) is 22.3 Å². The van der Waals surface area contributed by atoms with Crippen LogP contribution >= 0.6 is 34.9 Å². The van der Waals surface area contributed by atoms with Crippen molar-refractivity contribution in [3.8, 4) is 0 Å². The van der Waals surface area contributed by atoms with Crippen molar-refractivity contribution in [3.05, 3.63) is 46.3 Å². The van der Waals surface area contributed by atoms with Crippen LogP contribution < -0.4 is 5.73 Å². The summed E-state index contributed by atoms with van der Waals surface area (Å²) in [6.07, 6.45) is 3.37. The molecule has 0 saturated carbocycles. The number of thioether (sulfide) groups is 2. The maximum absolute atomic E-state index is 11.3. The monoisotopic (exact) mass is 427 g/mol. The van der Waals surface area contributed by atoms with E-state index in [-0.39, 0.29) is 11.7 Å². The number of carbonyl (C=O) groups is 1. The number of aryl methyl sites for hydroxylation is 2. The smallest absolute Gasteiger partial charge is 0.227 e. The number of hydrogen-bond acceptors (Lipinski definition) is 7. The quantitative estimate of drug-likeness (QED) is 0.373. The first-order valence-corrected chi connectivity index (χ1v) is 11.8. The van der Waals surface area contributed by atoms with Gasteiger partial charge in [-0.2, -0.15) is 0 Å². The van der Waals surface area contributed by atoms with Crippen LogP contribution in [-0.4, -0.2) is 31.2 Å². The molecule has 142 valence electrons. The van der Waals surface area contributed by atoms with Gasteiger partial charge >= 0.3 is 0 Å². The predicted molar refractivity (Wildman–Crippen MR) is 114 cm³/mol. The van der Waals surface area contributed by atoms with Gasteiger partial charge in [0.1, 0.15) is 4.83 Å². The Morgan fingerprint density at radius 2 is 2.00 bits per heavy atom. The summed E-state index contributed by atoms with van der Waals surface area (Å²) in [6, 6.07) is 10.3. The van der Waals surface area contributed by atoms with E-state index in [1.54, 1.807) is 23.1 Å². The van der Waals surface area contributed by atoms with Crippen LogP contribution in [0.4, 0.5) is 0 Å². The van der Waals surface area contributed by atoms with Gasteiger partial charge in [-0.3, -0.25) is 4.79 Å². The summed E-state index contributed by atoms with van der Waals surface area (Å²) in [4.78, 5) is 18.7. The number of thiophene rings is 1. The maximum Gasteiger partial charge on any atom is 0.227 e. The number of hydrogen-bond donors (Lipinski definition) is 1. The number of amides is 1. The standard InChI is InChI=1S/C19H17N5OS3/c20-14(25)10-27-19-23-22-16-15-12-7-4-8-13(12)28-17(15)21-18(24(16)19)26-9-11-5-2-1-3-6-11/h1-3,5-6H,4,7-10H2,(H2,20,25). The van der Waals surface area contributed by atoms with E-state index in [0.717, 1.165) is 39.6 Å². The molecule has 1 aliphatic carbocycles. The van der Waals surface area contributed by atoms with E-state index in [0.29, 0.717) is 5.16 Å². The van der Waals surface area contributed by atoms with Crippen molar-refractivity contribution in [3.63, 3.8) is 0 Å². The SMILES string of the molecule is NC(=O)CSc1nnc2c3c4c(sc3nc(SCc3ccccc3)n12)CCC4. The topological polar surface area (TPSA) is 86.2 Å². The average Bonchev–Trinajstić information content (AvgIpc) is 3.39. The second-order valence-electron chi connectivity index (χ2n) is 6.60. The van der Waals surface area contributed by atoms with Gasteiger partial charge in [-0.1, -0.05) is 53.9 Å². The lowest BCUT2D eigenvalue weighted by atomic mass is 10.2. The molecule has 0 atom stereocenters. The predicted octanol–water partition coefficient (Wildman–Crippen LogP) is 3.70. The third-order valence-corrected chi connectivity index (χ3v) is 7.85. The van der Waals surface area contributed by atoms with Gasteiger partial charge in [0.2, 0.25) is 5.91 Å². The molecule has 2 N–H and O–H groups in total. The van der Waals surface area contributed by atoms with E-state index in [4.69, 9.17) is 10.7 Å². The van der Waals surface area contributed by atoms with Crippen molar-refractivity contribution in [1.29, 1.82) is 0 Å². The van der Waals surface area contributed by atoms with Gasteiger partial charge in [0.15, 0.2) is 16.0 Å². The number of fused-ring (bicyclic) bond motifs is 5. The Morgan fingerprint density at radius 1 is 1.14 bits per heavy atom. The molecule has 9 heteroatoms. The zero-order valence-corrected chi connectivity index (χ0v) is 17.4. The molecular weight excluding hydrogens is 410 g/mol. The molecular formula is C19H17N5OS3. The highest BCUT2D eigenvalue weighted by molar-refractivity contribution is 8.00. The van der Waals surface area contributed by atoms with Gasteiger partial charge in [-0.15, -0.1) is 21.5 Å². The first-order valence-electron chi connectivity index (χ1n) is 8.98. The molecule has 1 amide bonds. The lowest BCUT2D eigenvalue weighted by Crippen LogP contribution is -2.13. The van der Waals surface area contributed by atoms with Crippen LogP contribution in [0.2, 0.25) is 0 Å². The lowest BCUT2D eigenvalue weighted by Gasteiger charge is -2.08. The second kappa shape index (κ2) is 7.38. The summed E-state index contributed by atoms with van der Waals surface area (Å²) in [5.74, 6) is 0.604. The molecule has 1 aliphatic rings. The number of primary amides is 1. The molecule has 0 fully saturated rings. The number of benzene rings is 1. The van der Waals surface area contributed by atoms with E-state index in [1.165, 1.54) is 34.2 Å². The summed E-state index contributed by atoms with van der Waals surface area (Å²) >= 11 is 4.75. The van der Waals surface area contributed by atoms with E-state index in [9.17, 15) is 4.79 Å². The molecule has 0 aliphatic heterocycles. The zero-order chi connectivity index (χ0) is 19.1. The van der Waals surface area contributed by atoms with Crippen LogP contribution in [0.5, 0.6) is 0 Å². The highest BCUT2D eigenvalue weighted by atomic mass is 32.2. The average molecular weight is 428 g/mol. The van der Waals surface area contributed by atoms with Crippen LogP contribution in [0.3, 0.4) is 0 Å². The Morgan fingerprint density at radius 3 is 2.82 bits per heavy atom. The highest BCUT2D eigenvalue weighted by Crippen LogP contribution is 2.40. The van der Waals surface area contributed by atoms with Crippen molar-refractivity contribution >= 4 is 56.6 Å². The first-order chi connectivity index (χ1) is 13.7. The third kappa shape index (κ3) is 3.17. The van der Waals surface area contributed by atoms with E-state index in [1.807, 2.05) is 22.6 Å². The number of carbonyl (C=O) groups excluding carboxylic acids is 1. The van der Waals surface area contributed by atoms with Crippen molar-refractivity contribution in [2.45, 2.75) is 35.3 Å². The molecule has 1 aromatic carbocycles. The molecule has 28 heavy (non-hydrogen) atoms. The summed E-state index contributed by atoms with van der Waals surface area (Å²) in [7, 11) is 0.